The number of carboxylic acids is 1. The predicted molar refractivity (Wildman–Crippen MR) is 56.3 cm³/mol. The summed E-state index contributed by atoms with van der Waals surface area (Å²) in [6.07, 6.45) is -0.774. The summed E-state index contributed by atoms with van der Waals surface area (Å²) >= 11 is 0. The Kier molecular flexibility index (Phi) is 7.58. The number of carbonyl (C=O) groups excluding carboxylic acids is 1. The third kappa shape index (κ3) is 6.29. The zero-order valence-corrected chi connectivity index (χ0v) is 12.2. The van der Waals surface area contributed by atoms with Crippen LogP contribution in [0.5, 0.6) is 0 Å². The van der Waals surface area contributed by atoms with Gasteiger partial charge in [0.15, 0.2) is 5.97 Å². The fraction of sp³-hybridized carbons (Fsp3) is 0.182. The molecule has 0 aliphatic heterocycles. The Morgan fingerprint density at radius 2 is 1.94 bits per heavy atom. The molecule has 0 heterocycles. The minimum absolute atomic E-state index is 0. The molecule has 1 rings (SSSR count). The van der Waals surface area contributed by atoms with Gasteiger partial charge < -0.3 is 15.2 Å². The molecule has 0 aliphatic rings. The molecule has 1 radical (unpaired) electrons. The van der Waals surface area contributed by atoms with Gasteiger partial charge >= 0.3 is 6.09 Å². The first-order valence-corrected chi connectivity index (χ1v) is 4.64. The van der Waals surface area contributed by atoms with E-state index in [0.717, 1.165) is 5.56 Å². The average molecular weight is 311 g/mol. The van der Waals surface area contributed by atoms with Crippen LogP contribution in [0.3, 0.4) is 0 Å². The summed E-state index contributed by atoms with van der Waals surface area (Å²) in [4.78, 5) is 21.5. The second kappa shape index (κ2) is 8.09. The van der Waals surface area contributed by atoms with E-state index in [1.54, 1.807) is 12.1 Å². The largest absolute Gasteiger partial charge is 0.502 e. The maximum atomic E-state index is 11.1. The third-order valence-electron chi connectivity index (χ3n) is 1.82. The Morgan fingerprint density at radius 1 is 1.35 bits per heavy atom. The van der Waals surface area contributed by atoms with Gasteiger partial charge in [0.05, 0.1) is 0 Å². The monoisotopic (exact) mass is 311 g/mol. The zero-order valence-electron chi connectivity index (χ0n) is 9.34. The Hall–Kier alpha value is -1.07. The molecule has 0 fully saturated rings. The predicted octanol–water partition coefficient (Wildman–Crippen LogP) is 1.55. The van der Waals surface area contributed by atoms with Crippen molar-refractivity contribution in [2.75, 3.05) is 0 Å². The molecule has 17 heavy (non-hydrogen) atoms. The number of hydrogen-bond acceptors (Lipinski definition) is 3. The van der Waals surface area contributed by atoms with E-state index < -0.39 is 12.1 Å². The molecule has 0 unspecified atom stereocenters. The molecule has 6 heteroatoms. The average Bonchev–Trinajstić information content (AvgIpc) is 2.27. The number of carbonyl (C=O) groups is 2. The van der Waals surface area contributed by atoms with Crippen LogP contribution >= 0.6 is 0 Å². The van der Waals surface area contributed by atoms with Gasteiger partial charge in [-0.05, 0) is 5.56 Å². The molecule has 0 aromatic heterocycles. The number of carboxylic acid groups (broad SMARTS) is 1. The van der Waals surface area contributed by atoms with Crippen molar-refractivity contribution in [2.45, 2.75) is 13.5 Å². The summed E-state index contributed by atoms with van der Waals surface area (Å²) < 4.78 is 4.81. The number of nitrogens with one attached hydrogen (secondary N) is 1. The molecule has 0 saturated heterocycles. The van der Waals surface area contributed by atoms with E-state index in [4.69, 9.17) is 9.84 Å². The van der Waals surface area contributed by atoms with Crippen molar-refractivity contribution in [1.29, 1.82) is 0 Å². The van der Waals surface area contributed by atoms with Gasteiger partial charge in [0.25, 0.3) is 0 Å². The molecule has 1 aromatic carbocycles. The molecule has 89 valence electrons. The van der Waals surface area contributed by atoms with Gasteiger partial charge in [-0.2, -0.15) is 13.0 Å². The Morgan fingerprint density at radius 3 is 2.47 bits per heavy atom. The van der Waals surface area contributed by atoms with Crippen molar-refractivity contribution >= 4 is 12.1 Å². The minimum Gasteiger partial charge on any atom is -0.502 e. The molecular formula is C11H12NO4Y-. The first-order chi connectivity index (χ1) is 7.59. The van der Waals surface area contributed by atoms with Crippen molar-refractivity contribution in [3.63, 3.8) is 0 Å². The molecule has 1 amide bonds. The third-order valence-corrected chi connectivity index (χ3v) is 1.82. The summed E-state index contributed by atoms with van der Waals surface area (Å²) in [5, 5.41) is 10.6. The van der Waals surface area contributed by atoms with Crippen LogP contribution < -0.4 is 5.32 Å². The first-order valence-electron chi connectivity index (χ1n) is 4.64. The molecule has 0 aliphatic carbocycles. The first kappa shape index (κ1) is 15.9. The number of aliphatic carboxylic acids is 1. The molecule has 0 atom stereocenters. The maximum Gasteiger partial charge on any atom is 0.381 e. The SMILES string of the molecule is C[C-](NC(=O)OCc1ccccc1)C(=O)O.[Y]. The number of alkyl carbamates (subject to hydrolysis) is 1. The van der Waals surface area contributed by atoms with Crippen molar-refractivity contribution in [1.82, 2.24) is 5.32 Å². The number of rotatable bonds is 4. The quantitative estimate of drug-likeness (QED) is 0.827. The van der Waals surface area contributed by atoms with Crippen LogP contribution in [0.2, 0.25) is 0 Å². The van der Waals surface area contributed by atoms with Gasteiger partial charge in [-0.25, -0.2) is 4.79 Å². The van der Waals surface area contributed by atoms with Crippen molar-refractivity contribution in [3.05, 3.63) is 41.9 Å². The second-order valence-electron chi connectivity index (χ2n) is 3.12. The topological polar surface area (TPSA) is 75.6 Å². The van der Waals surface area contributed by atoms with Crippen LogP contribution in [0.25, 0.3) is 0 Å². The number of ether oxygens (including phenoxy) is 1. The van der Waals surface area contributed by atoms with Gasteiger partial charge in [-0.15, -0.1) is 0 Å². The van der Waals surface area contributed by atoms with Crippen LogP contribution in [-0.4, -0.2) is 17.2 Å². The van der Waals surface area contributed by atoms with E-state index in [9.17, 15) is 9.59 Å². The second-order valence-corrected chi connectivity index (χ2v) is 3.12. The summed E-state index contributed by atoms with van der Waals surface area (Å²) in [6.45, 7) is 1.39. The summed E-state index contributed by atoms with van der Waals surface area (Å²) in [7, 11) is 0. The van der Waals surface area contributed by atoms with E-state index in [-0.39, 0.29) is 45.4 Å². The molecule has 5 nitrogen and oxygen atoms in total. The normalized spacial score (nSPS) is 8.76. The maximum absolute atomic E-state index is 11.1. The number of benzene rings is 1. The molecular weight excluding hydrogens is 299 g/mol. The van der Waals surface area contributed by atoms with Crippen LogP contribution in [0.4, 0.5) is 4.79 Å². The molecule has 0 spiro atoms. The Bertz CT molecular complexity index is 369. The molecule has 1 aromatic rings. The van der Waals surface area contributed by atoms with Gasteiger partial charge in [-0.3, -0.25) is 4.79 Å². The molecule has 0 saturated carbocycles. The fourth-order valence-corrected chi connectivity index (χ4v) is 0.966. The van der Waals surface area contributed by atoms with E-state index in [0.29, 0.717) is 0 Å². The zero-order chi connectivity index (χ0) is 12.0. The van der Waals surface area contributed by atoms with Gasteiger partial charge in [-0.1, -0.05) is 30.3 Å². The van der Waals surface area contributed by atoms with Gasteiger partial charge in [0, 0.05) is 32.7 Å². The van der Waals surface area contributed by atoms with Crippen molar-refractivity contribution in [3.8, 4) is 0 Å². The Balaban J connectivity index is 0.00000256. The summed E-state index contributed by atoms with van der Waals surface area (Å²) in [5.74, 6) is -1.18. The van der Waals surface area contributed by atoms with E-state index >= 15 is 0 Å². The van der Waals surface area contributed by atoms with E-state index in [1.807, 2.05) is 18.2 Å². The summed E-state index contributed by atoms with van der Waals surface area (Å²) in [6, 6.07) is 8.95. The van der Waals surface area contributed by atoms with Gasteiger partial charge in [0.2, 0.25) is 0 Å². The number of amides is 1. The molecule has 2 N–H and O–H groups in total. The van der Waals surface area contributed by atoms with Crippen molar-refractivity contribution in [2.24, 2.45) is 0 Å². The standard InChI is InChI=1S/C11H12NO4.Y/c1-8(10(13)14)12-11(15)16-7-9-5-3-2-4-6-9;/h2-6H,7H2,1H3,(H,12,15)(H,13,14);/q-1;. The van der Waals surface area contributed by atoms with Crippen LogP contribution in [0, 0.1) is 6.04 Å². The Labute approximate surface area is 124 Å². The van der Waals surface area contributed by atoms with Crippen molar-refractivity contribution < 1.29 is 52.1 Å². The summed E-state index contributed by atoms with van der Waals surface area (Å²) in [5.41, 5.74) is 0.839. The van der Waals surface area contributed by atoms with Crippen LogP contribution in [0.15, 0.2) is 30.3 Å². The van der Waals surface area contributed by atoms with Crippen LogP contribution in [0.1, 0.15) is 12.5 Å². The van der Waals surface area contributed by atoms with Gasteiger partial charge in [0.1, 0.15) is 6.61 Å². The number of hydrogen-bond donors (Lipinski definition) is 2. The smallest absolute Gasteiger partial charge is 0.381 e. The molecule has 0 bridgehead atoms. The van der Waals surface area contributed by atoms with E-state index in [2.05, 4.69) is 5.32 Å². The minimum atomic E-state index is -1.18. The van der Waals surface area contributed by atoms with Crippen LogP contribution in [-0.2, 0) is 48.8 Å². The van der Waals surface area contributed by atoms with E-state index in [1.165, 1.54) is 6.92 Å². The fourth-order valence-electron chi connectivity index (χ4n) is 0.966.